The number of aromatic nitrogens is 2. The van der Waals surface area contributed by atoms with Crippen molar-refractivity contribution in [2.75, 3.05) is 0 Å². The molecule has 0 saturated carbocycles. The van der Waals surface area contributed by atoms with Crippen molar-refractivity contribution in [3.63, 3.8) is 0 Å². The first-order valence-electron chi connectivity index (χ1n) is 16.6. The number of nitrogens with zero attached hydrogens (tertiary/aromatic N) is 2. The zero-order chi connectivity index (χ0) is 31.8. The van der Waals surface area contributed by atoms with Crippen molar-refractivity contribution in [3.8, 4) is 44.8 Å². The molecule has 2 aliphatic rings. The average molecular weight is 615 g/mol. The molecular weight excluding hydrogens is 585 g/mol. The molecule has 3 heteroatoms. The van der Waals surface area contributed by atoms with Gasteiger partial charge in [-0.15, -0.1) is 0 Å². The van der Waals surface area contributed by atoms with E-state index in [0.717, 1.165) is 40.0 Å². The number of benzene rings is 7. The van der Waals surface area contributed by atoms with Crippen LogP contribution in [0.15, 0.2) is 163 Å². The lowest BCUT2D eigenvalue weighted by atomic mass is 9.82. The molecule has 0 N–H and O–H groups in total. The Kier molecular flexibility index (Phi) is 5.85. The van der Waals surface area contributed by atoms with Crippen LogP contribution < -0.4 is 5.69 Å². The van der Waals surface area contributed by atoms with E-state index < -0.39 is 0 Å². The van der Waals surface area contributed by atoms with E-state index in [4.69, 9.17) is 0 Å². The smallest absolute Gasteiger partial charge is 0.260 e. The summed E-state index contributed by atoms with van der Waals surface area (Å²) >= 11 is 0. The maximum absolute atomic E-state index is 14.0. The average Bonchev–Trinajstić information content (AvgIpc) is 3.64. The first-order valence-corrected chi connectivity index (χ1v) is 16.6. The molecule has 1 atom stereocenters. The van der Waals surface area contributed by atoms with Crippen molar-refractivity contribution in [1.29, 1.82) is 0 Å². The van der Waals surface area contributed by atoms with Crippen LogP contribution in [0.1, 0.15) is 29.0 Å². The van der Waals surface area contributed by atoms with E-state index in [-0.39, 0.29) is 5.69 Å². The van der Waals surface area contributed by atoms with Crippen LogP contribution in [0.4, 0.5) is 0 Å². The Labute approximate surface area is 278 Å². The number of hydrogen-bond donors (Lipinski definition) is 0. The summed E-state index contributed by atoms with van der Waals surface area (Å²) in [4.78, 5) is 14.0. The maximum Gasteiger partial charge on any atom is 0.338 e. The fraction of sp³-hybridized carbons (Fsp3) is 0.0444. The molecule has 10 rings (SSSR count). The molecule has 1 aromatic heterocycles. The highest BCUT2D eigenvalue weighted by atomic mass is 16.1. The molecule has 0 radical (unpaired) electrons. The third kappa shape index (κ3) is 3.98. The minimum absolute atomic E-state index is 0.0822. The summed E-state index contributed by atoms with van der Waals surface area (Å²) < 4.78 is 3.61. The Morgan fingerprint density at radius 2 is 1.15 bits per heavy atom. The number of fused-ring (bicyclic) bond motifs is 5. The molecule has 3 nitrogen and oxygen atoms in total. The Bertz CT molecular complexity index is 2670. The molecular formula is C45H30N2O. The summed E-state index contributed by atoms with van der Waals surface area (Å²) in [6.07, 6.45) is 5.74. The molecule has 0 bridgehead atoms. The van der Waals surface area contributed by atoms with Crippen molar-refractivity contribution >= 4 is 27.9 Å². The lowest BCUT2D eigenvalue weighted by Crippen LogP contribution is -2.22. The van der Waals surface area contributed by atoms with Crippen LogP contribution in [-0.2, 0) is 0 Å². The normalized spacial score (nSPS) is 14.4. The molecule has 0 aliphatic heterocycles. The van der Waals surface area contributed by atoms with Gasteiger partial charge in [0.1, 0.15) is 0 Å². The molecule has 1 heterocycles. The Morgan fingerprint density at radius 1 is 0.500 bits per heavy atom. The van der Waals surface area contributed by atoms with Crippen LogP contribution in [-0.4, -0.2) is 9.13 Å². The Hall–Kier alpha value is -6.19. The van der Waals surface area contributed by atoms with Gasteiger partial charge in [-0.3, -0.25) is 9.13 Å². The fourth-order valence-corrected chi connectivity index (χ4v) is 8.09. The van der Waals surface area contributed by atoms with Gasteiger partial charge in [0.05, 0.1) is 22.4 Å². The molecule has 2 aliphatic carbocycles. The summed E-state index contributed by atoms with van der Waals surface area (Å²) in [5.41, 5.74) is 15.2. The second-order valence-corrected chi connectivity index (χ2v) is 12.9. The van der Waals surface area contributed by atoms with Gasteiger partial charge < -0.3 is 0 Å². The first kappa shape index (κ1) is 27.0. The monoisotopic (exact) mass is 614 g/mol. The van der Waals surface area contributed by atoms with E-state index in [1.165, 1.54) is 49.7 Å². The third-order valence-electron chi connectivity index (χ3n) is 10.3. The minimum Gasteiger partial charge on any atom is -0.260 e. The van der Waals surface area contributed by atoms with Crippen molar-refractivity contribution in [2.45, 2.75) is 12.3 Å². The molecule has 48 heavy (non-hydrogen) atoms. The molecule has 1 unspecified atom stereocenters. The molecule has 7 aromatic carbocycles. The summed E-state index contributed by atoms with van der Waals surface area (Å²) in [6, 6.07) is 53.2. The molecule has 0 spiro atoms. The number of allylic oxidation sites excluding steroid dienone is 1. The minimum atomic E-state index is -0.0822. The molecule has 0 saturated heterocycles. The number of hydrogen-bond acceptors (Lipinski definition) is 1. The van der Waals surface area contributed by atoms with E-state index in [2.05, 4.69) is 97.1 Å². The van der Waals surface area contributed by atoms with Crippen molar-refractivity contribution < 1.29 is 0 Å². The standard InChI is InChI=1S/C45H30N2O/c48-45-46(34-11-2-1-3-12-34)42-18-6-7-19-43(42)47(45)35-13-8-10-29(28-35)30-20-21-32-27-33(23-22-31(32)26-30)36-24-25-41-38-15-5-4-14-37(38)40-17-9-16-39(36)44(40)41/h1-16,18-28,40H,17H2. The van der Waals surface area contributed by atoms with Crippen LogP contribution in [0.2, 0.25) is 0 Å². The summed E-state index contributed by atoms with van der Waals surface area (Å²) in [6.45, 7) is 0. The second kappa shape index (κ2) is 10.4. The number of imidazole rings is 1. The van der Waals surface area contributed by atoms with Crippen LogP contribution in [0, 0.1) is 0 Å². The molecule has 0 amide bonds. The van der Waals surface area contributed by atoms with Crippen LogP contribution in [0.3, 0.4) is 0 Å². The largest absolute Gasteiger partial charge is 0.338 e. The highest BCUT2D eigenvalue weighted by Crippen LogP contribution is 2.52. The predicted octanol–water partition coefficient (Wildman–Crippen LogP) is 10.8. The van der Waals surface area contributed by atoms with E-state index in [1.54, 1.807) is 4.57 Å². The van der Waals surface area contributed by atoms with Gasteiger partial charge in [-0.1, -0.05) is 115 Å². The second-order valence-electron chi connectivity index (χ2n) is 12.9. The predicted molar refractivity (Wildman–Crippen MR) is 198 cm³/mol. The van der Waals surface area contributed by atoms with Crippen molar-refractivity contribution in [1.82, 2.24) is 9.13 Å². The van der Waals surface area contributed by atoms with Gasteiger partial charge in [-0.25, -0.2) is 4.79 Å². The topological polar surface area (TPSA) is 26.9 Å². The van der Waals surface area contributed by atoms with Gasteiger partial charge in [0.2, 0.25) is 0 Å². The van der Waals surface area contributed by atoms with Crippen LogP contribution >= 0.6 is 0 Å². The van der Waals surface area contributed by atoms with E-state index >= 15 is 0 Å². The molecule has 0 fully saturated rings. The summed E-state index contributed by atoms with van der Waals surface area (Å²) in [5.74, 6) is 0.445. The Balaban J connectivity index is 1.04. The van der Waals surface area contributed by atoms with Crippen molar-refractivity contribution in [3.05, 3.63) is 185 Å². The van der Waals surface area contributed by atoms with Gasteiger partial charge in [0.15, 0.2) is 0 Å². The van der Waals surface area contributed by atoms with Crippen LogP contribution in [0.5, 0.6) is 0 Å². The lowest BCUT2D eigenvalue weighted by Gasteiger charge is -2.21. The molecule has 8 aromatic rings. The maximum atomic E-state index is 14.0. The van der Waals surface area contributed by atoms with Gasteiger partial charge >= 0.3 is 5.69 Å². The first-order chi connectivity index (χ1) is 23.7. The third-order valence-corrected chi connectivity index (χ3v) is 10.3. The SMILES string of the molecule is O=c1n(-c2ccccc2)c2ccccc2n1-c1cccc(-c2ccc3cc(-c4ccc5c6c4C=CCC6c4ccccc4-5)ccc3c2)c1. The van der Waals surface area contributed by atoms with Gasteiger partial charge in [0.25, 0.3) is 0 Å². The van der Waals surface area contributed by atoms with Gasteiger partial charge in [0, 0.05) is 5.92 Å². The van der Waals surface area contributed by atoms with Crippen LogP contribution in [0.25, 0.3) is 72.6 Å². The summed E-state index contributed by atoms with van der Waals surface area (Å²) in [7, 11) is 0. The lowest BCUT2D eigenvalue weighted by molar-refractivity contribution is 0.844. The van der Waals surface area contributed by atoms with E-state index in [1.807, 2.05) is 71.3 Å². The zero-order valence-corrected chi connectivity index (χ0v) is 26.2. The quantitative estimate of drug-likeness (QED) is 0.194. The summed E-state index contributed by atoms with van der Waals surface area (Å²) in [5, 5.41) is 2.40. The van der Waals surface area contributed by atoms with Gasteiger partial charge in [-0.2, -0.15) is 0 Å². The zero-order valence-electron chi connectivity index (χ0n) is 26.2. The Morgan fingerprint density at radius 3 is 1.98 bits per heavy atom. The highest BCUT2D eigenvalue weighted by Gasteiger charge is 2.32. The highest BCUT2D eigenvalue weighted by molar-refractivity contribution is 5.95. The van der Waals surface area contributed by atoms with E-state index in [0.29, 0.717) is 5.92 Å². The van der Waals surface area contributed by atoms with Crippen molar-refractivity contribution in [2.24, 2.45) is 0 Å². The fourth-order valence-electron chi connectivity index (χ4n) is 8.09. The van der Waals surface area contributed by atoms with Gasteiger partial charge in [-0.05, 0) is 116 Å². The van der Waals surface area contributed by atoms with E-state index in [9.17, 15) is 4.79 Å². The molecule has 226 valence electrons. The number of para-hydroxylation sites is 3. The number of rotatable bonds is 4.